The van der Waals surface area contributed by atoms with Gasteiger partial charge < -0.3 is 10.4 Å². The van der Waals surface area contributed by atoms with Crippen LogP contribution in [0.5, 0.6) is 0 Å². The van der Waals surface area contributed by atoms with Gasteiger partial charge in [-0.15, -0.1) is 0 Å². The lowest BCUT2D eigenvalue weighted by molar-refractivity contribution is 0.199. The van der Waals surface area contributed by atoms with Crippen LogP contribution in [-0.2, 0) is 0 Å². The third-order valence-corrected chi connectivity index (χ3v) is 3.44. The van der Waals surface area contributed by atoms with Gasteiger partial charge in [-0.3, -0.25) is 0 Å². The summed E-state index contributed by atoms with van der Waals surface area (Å²) in [7, 11) is 0. The van der Waals surface area contributed by atoms with Gasteiger partial charge in [-0.2, -0.15) is 0 Å². The lowest BCUT2D eigenvalue weighted by Crippen LogP contribution is -2.05. The molecule has 106 valence electrons. The van der Waals surface area contributed by atoms with Crippen LogP contribution >= 0.6 is 22.6 Å². The Balaban J connectivity index is 2.49. The average molecular weight is 393 g/mol. The lowest BCUT2D eigenvalue weighted by Gasteiger charge is -2.16. The van der Waals surface area contributed by atoms with Crippen LogP contribution in [0.4, 0.5) is 24.5 Å². The van der Waals surface area contributed by atoms with Crippen LogP contribution in [0.15, 0.2) is 30.3 Å². The molecule has 2 N–H and O–H groups in total. The van der Waals surface area contributed by atoms with Gasteiger partial charge >= 0.3 is 0 Å². The first-order valence-corrected chi connectivity index (χ1v) is 6.86. The Hall–Kier alpha value is -1.28. The molecule has 2 rings (SSSR count). The van der Waals surface area contributed by atoms with Crippen LogP contribution in [0, 0.1) is 21.0 Å². The quantitative estimate of drug-likeness (QED) is 0.753. The largest absolute Gasteiger partial charge is 0.389 e. The van der Waals surface area contributed by atoms with Gasteiger partial charge in [-0.05, 0) is 53.8 Å². The third kappa shape index (κ3) is 3.06. The summed E-state index contributed by atoms with van der Waals surface area (Å²) in [6, 6.07) is 6.50. The number of halogens is 4. The molecule has 0 saturated heterocycles. The standard InChI is InChI=1S/C14H11F3INO/c1-7(20)9-3-4-10(15)13(17)14(9)19-12-5-2-8(18)6-11(12)16/h2-7,19-20H,1H3. The SMILES string of the molecule is CC(O)c1ccc(F)c(F)c1Nc1ccc(I)cc1F. The van der Waals surface area contributed by atoms with E-state index in [1.165, 1.54) is 25.1 Å². The highest BCUT2D eigenvalue weighted by Crippen LogP contribution is 2.31. The molecule has 0 saturated carbocycles. The van der Waals surface area contributed by atoms with Gasteiger partial charge in [0.25, 0.3) is 0 Å². The second kappa shape index (κ2) is 6.01. The zero-order chi connectivity index (χ0) is 14.9. The number of hydrogen-bond donors (Lipinski definition) is 2. The molecule has 0 heterocycles. The van der Waals surface area contributed by atoms with Crippen molar-refractivity contribution in [1.29, 1.82) is 0 Å². The van der Waals surface area contributed by atoms with Crippen molar-refractivity contribution in [2.45, 2.75) is 13.0 Å². The van der Waals surface area contributed by atoms with Gasteiger partial charge in [0.1, 0.15) is 5.82 Å². The van der Waals surface area contributed by atoms with Gasteiger partial charge in [-0.1, -0.05) is 6.07 Å². The summed E-state index contributed by atoms with van der Waals surface area (Å²) < 4.78 is 41.6. The Bertz CT molecular complexity index is 647. The number of aliphatic hydroxyl groups excluding tert-OH is 1. The molecule has 2 aromatic rings. The Morgan fingerprint density at radius 3 is 2.40 bits per heavy atom. The van der Waals surface area contributed by atoms with E-state index in [4.69, 9.17) is 0 Å². The summed E-state index contributed by atoms with van der Waals surface area (Å²) in [6.07, 6.45) is -1.01. The zero-order valence-electron chi connectivity index (χ0n) is 10.4. The smallest absolute Gasteiger partial charge is 0.182 e. The van der Waals surface area contributed by atoms with Crippen LogP contribution in [-0.4, -0.2) is 5.11 Å². The number of anilines is 2. The molecule has 20 heavy (non-hydrogen) atoms. The zero-order valence-corrected chi connectivity index (χ0v) is 12.6. The van der Waals surface area contributed by atoms with Crippen LogP contribution in [0.3, 0.4) is 0 Å². The van der Waals surface area contributed by atoms with E-state index in [0.717, 1.165) is 6.07 Å². The maximum atomic E-state index is 13.8. The minimum atomic E-state index is -1.15. The highest BCUT2D eigenvalue weighted by molar-refractivity contribution is 14.1. The fourth-order valence-electron chi connectivity index (χ4n) is 1.77. The maximum absolute atomic E-state index is 13.8. The van der Waals surface area contributed by atoms with Crippen molar-refractivity contribution in [1.82, 2.24) is 0 Å². The first kappa shape index (κ1) is 15.1. The van der Waals surface area contributed by atoms with Gasteiger partial charge in [0.2, 0.25) is 0 Å². The highest BCUT2D eigenvalue weighted by atomic mass is 127. The summed E-state index contributed by atoms with van der Waals surface area (Å²) in [6.45, 7) is 1.42. The van der Waals surface area contributed by atoms with Crippen molar-refractivity contribution >= 4 is 34.0 Å². The highest BCUT2D eigenvalue weighted by Gasteiger charge is 2.18. The van der Waals surface area contributed by atoms with E-state index in [-0.39, 0.29) is 16.9 Å². The Kier molecular flexibility index (Phi) is 4.54. The predicted molar refractivity (Wildman–Crippen MR) is 79.4 cm³/mol. The van der Waals surface area contributed by atoms with E-state index in [2.05, 4.69) is 5.32 Å². The molecule has 1 unspecified atom stereocenters. The number of aliphatic hydroxyl groups is 1. The molecular weight excluding hydrogens is 382 g/mol. The molecule has 2 nitrogen and oxygen atoms in total. The minimum absolute atomic E-state index is 0.0109. The van der Waals surface area contributed by atoms with Gasteiger partial charge in [-0.25, -0.2) is 13.2 Å². The molecule has 0 fully saturated rings. The average Bonchev–Trinajstić information content (AvgIpc) is 2.37. The summed E-state index contributed by atoms with van der Waals surface area (Å²) in [5.74, 6) is -2.80. The van der Waals surface area contributed by atoms with Crippen molar-refractivity contribution in [3.05, 3.63) is 56.9 Å². The molecule has 0 radical (unpaired) electrons. The van der Waals surface area contributed by atoms with E-state index in [0.29, 0.717) is 3.57 Å². The number of rotatable bonds is 3. The summed E-state index contributed by atoms with van der Waals surface area (Å²) >= 11 is 1.94. The topological polar surface area (TPSA) is 32.3 Å². The molecule has 0 aromatic heterocycles. The number of nitrogens with one attached hydrogen (secondary N) is 1. The second-order valence-corrected chi connectivity index (χ2v) is 5.50. The van der Waals surface area contributed by atoms with Crippen molar-refractivity contribution in [2.75, 3.05) is 5.32 Å². The molecular formula is C14H11F3INO. The number of benzene rings is 2. The monoisotopic (exact) mass is 393 g/mol. The van der Waals surface area contributed by atoms with Crippen LogP contribution in [0.2, 0.25) is 0 Å². The van der Waals surface area contributed by atoms with Gasteiger partial charge in [0.05, 0.1) is 17.5 Å². The molecule has 0 aliphatic carbocycles. The van der Waals surface area contributed by atoms with Crippen LogP contribution < -0.4 is 5.32 Å². The van der Waals surface area contributed by atoms with E-state index in [1.807, 2.05) is 22.6 Å². The molecule has 0 amide bonds. The first-order valence-electron chi connectivity index (χ1n) is 5.78. The lowest BCUT2D eigenvalue weighted by atomic mass is 10.1. The van der Waals surface area contributed by atoms with Crippen molar-refractivity contribution in [2.24, 2.45) is 0 Å². The molecule has 0 spiro atoms. The van der Waals surface area contributed by atoms with Crippen molar-refractivity contribution in [3.8, 4) is 0 Å². The van der Waals surface area contributed by atoms with Gasteiger partial charge in [0, 0.05) is 9.13 Å². The molecule has 6 heteroatoms. The van der Waals surface area contributed by atoms with E-state index in [9.17, 15) is 18.3 Å². The molecule has 0 aliphatic rings. The second-order valence-electron chi connectivity index (χ2n) is 4.25. The number of hydrogen-bond acceptors (Lipinski definition) is 2. The summed E-state index contributed by atoms with van der Waals surface area (Å²) in [5, 5.41) is 12.1. The minimum Gasteiger partial charge on any atom is -0.389 e. The Morgan fingerprint density at radius 1 is 1.10 bits per heavy atom. The molecule has 1 atom stereocenters. The molecule has 0 aliphatic heterocycles. The molecule has 2 aromatic carbocycles. The Morgan fingerprint density at radius 2 is 1.80 bits per heavy atom. The van der Waals surface area contributed by atoms with Crippen LogP contribution in [0.1, 0.15) is 18.6 Å². The van der Waals surface area contributed by atoms with E-state index in [1.54, 1.807) is 6.07 Å². The summed E-state index contributed by atoms with van der Waals surface area (Å²) in [5.41, 5.74) is -0.0984. The third-order valence-electron chi connectivity index (χ3n) is 2.77. The summed E-state index contributed by atoms with van der Waals surface area (Å²) in [4.78, 5) is 0. The Labute approximate surface area is 127 Å². The first-order chi connectivity index (χ1) is 9.40. The predicted octanol–water partition coefficient (Wildman–Crippen LogP) is 4.51. The fraction of sp³-hybridized carbons (Fsp3) is 0.143. The van der Waals surface area contributed by atoms with Crippen molar-refractivity contribution in [3.63, 3.8) is 0 Å². The fourth-order valence-corrected chi connectivity index (χ4v) is 2.22. The maximum Gasteiger partial charge on any atom is 0.182 e. The van der Waals surface area contributed by atoms with Gasteiger partial charge in [0.15, 0.2) is 11.6 Å². The van der Waals surface area contributed by atoms with Crippen LogP contribution in [0.25, 0.3) is 0 Å². The molecule has 0 bridgehead atoms. The van der Waals surface area contributed by atoms with E-state index >= 15 is 0 Å². The normalized spacial score (nSPS) is 12.3. The van der Waals surface area contributed by atoms with Crippen molar-refractivity contribution < 1.29 is 18.3 Å². The van der Waals surface area contributed by atoms with E-state index < -0.39 is 23.6 Å².